The number of aromatic nitrogens is 2. The van der Waals surface area contributed by atoms with Crippen molar-refractivity contribution in [2.24, 2.45) is 0 Å². The predicted molar refractivity (Wildman–Crippen MR) is 139 cm³/mol. The third-order valence-corrected chi connectivity index (χ3v) is 6.68. The summed E-state index contributed by atoms with van der Waals surface area (Å²) in [5.41, 5.74) is 8.73. The highest BCUT2D eigenvalue weighted by Crippen LogP contribution is 2.30. The molecule has 4 aromatic rings. The van der Waals surface area contributed by atoms with Crippen LogP contribution >= 0.6 is 0 Å². The summed E-state index contributed by atoms with van der Waals surface area (Å²) in [5.74, 6) is -0.960. The van der Waals surface area contributed by atoms with Crippen LogP contribution in [0.2, 0.25) is 0 Å². The van der Waals surface area contributed by atoms with Gasteiger partial charge in [-0.3, -0.25) is 14.2 Å². The fraction of sp³-hybridized carbons (Fsp3) is 0.207. The molecule has 0 atom stereocenters. The number of amides is 1. The number of benzene rings is 3. The van der Waals surface area contributed by atoms with Gasteiger partial charge in [0, 0.05) is 17.7 Å². The first-order valence-electron chi connectivity index (χ1n) is 12.4. The maximum absolute atomic E-state index is 13.8. The van der Waals surface area contributed by atoms with E-state index >= 15 is 0 Å². The molecule has 0 bridgehead atoms. The third-order valence-electron chi connectivity index (χ3n) is 6.68. The topological polar surface area (TPSA) is 90.5 Å². The number of anilines is 1. The molecule has 1 aromatic heterocycles. The zero-order chi connectivity index (χ0) is 28.4. The minimum absolute atomic E-state index is 0.00258. The van der Waals surface area contributed by atoms with Gasteiger partial charge in [-0.2, -0.15) is 17.6 Å². The summed E-state index contributed by atoms with van der Waals surface area (Å²) < 4.78 is 56.6. The second kappa shape index (κ2) is 10.8. The largest absolute Gasteiger partial charge is 0.461 e. The van der Waals surface area contributed by atoms with Crippen molar-refractivity contribution >= 4 is 11.9 Å². The van der Waals surface area contributed by atoms with Gasteiger partial charge in [-0.1, -0.05) is 60.7 Å². The monoisotopic (exact) mass is 552 g/mol. The molecule has 0 unspecified atom stereocenters. The molecule has 206 valence electrons. The molecule has 0 fully saturated rings. The van der Waals surface area contributed by atoms with Crippen LogP contribution in [-0.4, -0.2) is 39.4 Å². The lowest BCUT2D eigenvalue weighted by molar-refractivity contribution is -0.253. The van der Waals surface area contributed by atoms with Gasteiger partial charge in [0.15, 0.2) is 0 Å². The van der Waals surface area contributed by atoms with Crippen LogP contribution < -0.4 is 16.0 Å². The number of nitrogens with zero attached hydrogens (tertiary/aromatic N) is 3. The summed E-state index contributed by atoms with van der Waals surface area (Å²) in [7, 11) is 0. The normalized spacial score (nSPS) is 13.4. The van der Waals surface area contributed by atoms with Crippen LogP contribution in [0.15, 0.2) is 89.7 Å². The van der Waals surface area contributed by atoms with Crippen LogP contribution in [-0.2, 0) is 13.0 Å². The van der Waals surface area contributed by atoms with Crippen molar-refractivity contribution in [1.29, 1.82) is 0 Å². The Bertz CT molecular complexity index is 1520. The Kier molecular flexibility index (Phi) is 7.29. The number of nitrogen functional groups attached to an aromatic ring is 1. The van der Waals surface area contributed by atoms with Gasteiger partial charge in [0.2, 0.25) is 5.95 Å². The van der Waals surface area contributed by atoms with E-state index in [1.807, 2.05) is 60.7 Å². The lowest BCUT2D eigenvalue weighted by atomic mass is 9.97. The molecule has 1 aliphatic rings. The molecule has 0 radical (unpaired) electrons. The van der Waals surface area contributed by atoms with E-state index in [1.165, 1.54) is 21.6 Å². The summed E-state index contributed by atoms with van der Waals surface area (Å²) in [4.78, 5) is 32.9. The summed E-state index contributed by atoms with van der Waals surface area (Å²) in [6.45, 7) is 0.215. The molecule has 3 aromatic carbocycles. The van der Waals surface area contributed by atoms with Gasteiger partial charge in [0.25, 0.3) is 11.5 Å². The highest BCUT2D eigenvalue weighted by molar-refractivity contribution is 5.94. The Morgan fingerprint density at radius 2 is 1.50 bits per heavy atom. The molecule has 2 heterocycles. The highest BCUT2D eigenvalue weighted by Gasteiger charge is 2.44. The van der Waals surface area contributed by atoms with Crippen molar-refractivity contribution < 1.29 is 27.1 Å². The third kappa shape index (κ3) is 5.27. The maximum atomic E-state index is 13.8. The minimum Gasteiger partial charge on any atom is -0.428 e. The van der Waals surface area contributed by atoms with Crippen LogP contribution in [0.5, 0.6) is 5.75 Å². The average molecular weight is 553 g/mol. The van der Waals surface area contributed by atoms with Gasteiger partial charge in [0.1, 0.15) is 5.75 Å². The van der Waals surface area contributed by atoms with Crippen molar-refractivity contribution in [3.63, 3.8) is 0 Å². The fourth-order valence-electron chi connectivity index (χ4n) is 4.76. The number of alkyl halides is 4. The molecule has 0 aliphatic carbocycles. The Labute approximate surface area is 226 Å². The van der Waals surface area contributed by atoms with E-state index in [0.717, 1.165) is 23.3 Å². The van der Waals surface area contributed by atoms with Crippen LogP contribution in [0.3, 0.4) is 0 Å². The second-order valence-corrected chi connectivity index (χ2v) is 9.26. The van der Waals surface area contributed by atoms with Crippen LogP contribution in [0, 0.1) is 0 Å². The quantitative estimate of drug-likeness (QED) is 0.330. The van der Waals surface area contributed by atoms with E-state index < -0.39 is 30.2 Å². The van der Waals surface area contributed by atoms with E-state index in [1.54, 1.807) is 0 Å². The van der Waals surface area contributed by atoms with Crippen molar-refractivity contribution in [2.45, 2.75) is 31.5 Å². The van der Waals surface area contributed by atoms with Gasteiger partial charge in [-0.05, 0) is 41.8 Å². The zero-order valence-corrected chi connectivity index (χ0v) is 21.0. The second-order valence-electron chi connectivity index (χ2n) is 9.26. The summed E-state index contributed by atoms with van der Waals surface area (Å²) in [5, 5.41) is 0. The number of fused-ring (bicyclic) bond motifs is 1. The first-order chi connectivity index (χ1) is 19.2. The molecule has 0 spiro atoms. The van der Waals surface area contributed by atoms with E-state index in [9.17, 15) is 27.2 Å². The molecule has 1 amide bonds. The number of carbonyl (C=O) groups is 1. The van der Waals surface area contributed by atoms with Gasteiger partial charge >= 0.3 is 12.5 Å². The molecule has 0 saturated heterocycles. The molecular weight excluding hydrogens is 528 g/mol. The zero-order valence-electron chi connectivity index (χ0n) is 21.0. The summed E-state index contributed by atoms with van der Waals surface area (Å²) in [6, 6.07) is 22.9. The number of halogens is 4. The number of nitrogens with two attached hydrogens (primary N) is 1. The summed E-state index contributed by atoms with van der Waals surface area (Å²) in [6.07, 6.45) is -8.42. The fourth-order valence-corrected chi connectivity index (χ4v) is 4.76. The first kappa shape index (κ1) is 26.9. The Hall–Kier alpha value is -4.67. The number of hydrogen-bond donors (Lipinski definition) is 1. The predicted octanol–water partition coefficient (Wildman–Crippen LogP) is 4.90. The van der Waals surface area contributed by atoms with E-state index in [4.69, 9.17) is 5.73 Å². The van der Waals surface area contributed by atoms with Gasteiger partial charge in [-0.25, -0.2) is 4.98 Å². The molecule has 40 heavy (non-hydrogen) atoms. The average Bonchev–Trinajstić information content (AvgIpc) is 2.95. The highest BCUT2D eigenvalue weighted by atomic mass is 19.3. The molecule has 5 rings (SSSR count). The van der Waals surface area contributed by atoms with Crippen molar-refractivity contribution in [1.82, 2.24) is 14.5 Å². The Morgan fingerprint density at radius 1 is 0.925 bits per heavy atom. The molecule has 2 N–H and O–H groups in total. The lowest BCUT2D eigenvalue weighted by Gasteiger charge is -2.30. The van der Waals surface area contributed by atoms with Crippen LogP contribution in [0.1, 0.15) is 38.8 Å². The van der Waals surface area contributed by atoms with Gasteiger partial charge < -0.3 is 15.4 Å². The molecular formula is C29H24F4N4O3. The molecule has 1 aliphatic heterocycles. The molecule has 7 nitrogen and oxygen atoms in total. The van der Waals surface area contributed by atoms with E-state index in [-0.39, 0.29) is 36.6 Å². The number of hydrogen-bond acceptors (Lipinski definition) is 5. The summed E-state index contributed by atoms with van der Waals surface area (Å²) >= 11 is 0. The smallest absolute Gasteiger partial charge is 0.428 e. The van der Waals surface area contributed by atoms with E-state index in [2.05, 4.69) is 9.72 Å². The van der Waals surface area contributed by atoms with Crippen molar-refractivity contribution in [3.8, 4) is 5.75 Å². The van der Waals surface area contributed by atoms with Crippen LogP contribution in [0.4, 0.5) is 23.5 Å². The van der Waals surface area contributed by atoms with Gasteiger partial charge in [-0.15, -0.1) is 0 Å². The van der Waals surface area contributed by atoms with Crippen LogP contribution in [0.25, 0.3) is 0 Å². The van der Waals surface area contributed by atoms with Gasteiger partial charge in [0.05, 0.1) is 18.3 Å². The standard InChI is InChI=1S/C29H24F4N4O3/c30-27(31)29(32,33)40-21-13-11-20(12-14-21)25(38)36-16-15-22-23(17-36)35-28(34)37(26(22)39)24(18-7-3-1-4-8-18)19-9-5-2-6-10-19/h1-14,24,27H,15-17H2,(H2,34,35). The Morgan fingerprint density at radius 3 is 2.05 bits per heavy atom. The maximum Gasteiger partial charge on any atom is 0.461 e. The lowest BCUT2D eigenvalue weighted by Crippen LogP contribution is -2.42. The minimum atomic E-state index is -4.65. The number of carbonyl (C=O) groups excluding carboxylic acids is 1. The Balaban J connectivity index is 1.42. The first-order valence-corrected chi connectivity index (χ1v) is 12.4. The van der Waals surface area contributed by atoms with E-state index in [0.29, 0.717) is 11.3 Å². The number of ether oxygens (including phenoxy) is 1. The SMILES string of the molecule is Nc1nc2c(c(=O)n1C(c1ccccc1)c1ccccc1)CCN(C(=O)c1ccc(OC(F)(F)C(F)F)cc1)C2. The van der Waals surface area contributed by atoms with Crippen molar-refractivity contribution in [2.75, 3.05) is 12.3 Å². The molecule has 0 saturated carbocycles. The van der Waals surface area contributed by atoms with Crippen molar-refractivity contribution in [3.05, 3.63) is 123 Å². The number of rotatable bonds is 7. The molecule has 11 heteroatoms.